The number of aryl methyl sites for hydroxylation is 2. The molecule has 0 bridgehead atoms. The molecular formula is C27H25NS. The van der Waals surface area contributed by atoms with Crippen molar-refractivity contribution >= 4 is 42.4 Å². The quantitative estimate of drug-likeness (QED) is 0.301. The highest BCUT2D eigenvalue weighted by Gasteiger charge is 2.13. The van der Waals surface area contributed by atoms with Crippen LogP contribution in [-0.2, 0) is 6.42 Å². The Hall–Kier alpha value is -2.71. The van der Waals surface area contributed by atoms with Gasteiger partial charge in [0.2, 0.25) is 0 Å². The first kappa shape index (κ1) is 18.3. The summed E-state index contributed by atoms with van der Waals surface area (Å²) >= 11 is 1.86. The number of rotatable bonds is 3. The van der Waals surface area contributed by atoms with Gasteiger partial charge in [-0.25, -0.2) is 4.98 Å². The first-order valence-corrected chi connectivity index (χ1v) is 11.1. The SMILES string of the molecule is Cc1cc(C)cc(-c2cc(CC(C)C)c3cc4c(cc3n2)sc2ccccc24)c1. The number of fused-ring (bicyclic) bond motifs is 4. The van der Waals surface area contributed by atoms with Crippen molar-refractivity contribution in [3.8, 4) is 11.3 Å². The second-order valence-corrected chi connectivity index (χ2v) is 9.69. The first-order valence-electron chi connectivity index (χ1n) is 10.3. The van der Waals surface area contributed by atoms with Crippen LogP contribution in [0, 0.1) is 19.8 Å². The molecule has 0 amide bonds. The molecule has 0 aliphatic heterocycles. The Balaban J connectivity index is 1.82. The van der Waals surface area contributed by atoms with E-state index in [1.165, 1.54) is 47.8 Å². The molecule has 2 heterocycles. The van der Waals surface area contributed by atoms with Crippen molar-refractivity contribution < 1.29 is 0 Å². The van der Waals surface area contributed by atoms with Crippen LogP contribution < -0.4 is 0 Å². The summed E-state index contributed by atoms with van der Waals surface area (Å²) in [4.78, 5) is 5.12. The zero-order valence-electron chi connectivity index (χ0n) is 17.4. The van der Waals surface area contributed by atoms with Crippen LogP contribution in [0.25, 0.3) is 42.3 Å². The average Bonchev–Trinajstić information content (AvgIpc) is 3.02. The maximum Gasteiger partial charge on any atom is 0.0726 e. The molecule has 0 saturated heterocycles. The highest BCUT2D eigenvalue weighted by Crippen LogP contribution is 2.38. The molecule has 2 heteroatoms. The van der Waals surface area contributed by atoms with E-state index in [1.54, 1.807) is 0 Å². The van der Waals surface area contributed by atoms with Gasteiger partial charge in [0.15, 0.2) is 0 Å². The van der Waals surface area contributed by atoms with Crippen LogP contribution in [-0.4, -0.2) is 4.98 Å². The minimum Gasteiger partial charge on any atom is -0.248 e. The molecule has 5 aromatic rings. The molecule has 0 aliphatic rings. The number of hydrogen-bond acceptors (Lipinski definition) is 2. The molecule has 2 aromatic heterocycles. The third-order valence-corrected chi connectivity index (χ3v) is 6.67. The van der Waals surface area contributed by atoms with Crippen LogP contribution in [0.4, 0.5) is 0 Å². The van der Waals surface area contributed by atoms with Gasteiger partial charge in [-0.05, 0) is 68.1 Å². The van der Waals surface area contributed by atoms with E-state index < -0.39 is 0 Å². The summed E-state index contributed by atoms with van der Waals surface area (Å²) in [5.74, 6) is 0.600. The molecule has 0 aliphatic carbocycles. The first-order chi connectivity index (χ1) is 14.0. The number of pyridine rings is 1. The van der Waals surface area contributed by atoms with Crippen LogP contribution >= 0.6 is 11.3 Å². The van der Waals surface area contributed by atoms with Gasteiger partial charge >= 0.3 is 0 Å². The molecule has 0 fully saturated rings. The Morgan fingerprint density at radius 3 is 2.31 bits per heavy atom. The second-order valence-electron chi connectivity index (χ2n) is 8.60. The van der Waals surface area contributed by atoms with E-state index in [4.69, 9.17) is 4.98 Å². The minimum atomic E-state index is 0.600. The van der Waals surface area contributed by atoms with Crippen molar-refractivity contribution in [2.75, 3.05) is 0 Å². The number of aromatic nitrogens is 1. The smallest absolute Gasteiger partial charge is 0.0726 e. The number of benzene rings is 3. The van der Waals surface area contributed by atoms with Gasteiger partial charge in [0, 0.05) is 31.1 Å². The monoisotopic (exact) mass is 395 g/mol. The van der Waals surface area contributed by atoms with Crippen molar-refractivity contribution in [1.82, 2.24) is 4.98 Å². The van der Waals surface area contributed by atoms with Crippen molar-refractivity contribution in [2.24, 2.45) is 5.92 Å². The Kier molecular flexibility index (Phi) is 4.40. The fraction of sp³-hybridized carbons (Fsp3) is 0.222. The fourth-order valence-electron chi connectivity index (χ4n) is 4.39. The van der Waals surface area contributed by atoms with Crippen molar-refractivity contribution in [3.63, 3.8) is 0 Å². The number of nitrogens with zero attached hydrogens (tertiary/aromatic N) is 1. The van der Waals surface area contributed by atoms with E-state index in [9.17, 15) is 0 Å². The average molecular weight is 396 g/mol. The van der Waals surface area contributed by atoms with Crippen molar-refractivity contribution in [1.29, 1.82) is 0 Å². The lowest BCUT2D eigenvalue weighted by Crippen LogP contribution is -1.98. The van der Waals surface area contributed by atoms with Gasteiger partial charge in [0.1, 0.15) is 0 Å². The van der Waals surface area contributed by atoms with E-state index in [2.05, 4.69) is 88.4 Å². The molecule has 29 heavy (non-hydrogen) atoms. The van der Waals surface area contributed by atoms with Gasteiger partial charge in [-0.3, -0.25) is 0 Å². The third kappa shape index (κ3) is 3.32. The Morgan fingerprint density at radius 2 is 1.55 bits per heavy atom. The summed E-state index contributed by atoms with van der Waals surface area (Å²) in [6, 6.07) is 22.4. The molecule has 0 saturated carbocycles. The van der Waals surface area contributed by atoms with E-state index in [-0.39, 0.29) is 0 Å². The topological polar surface area (TPSA) is 12.9 Å². The van der Waals surface area contributed by atoms with Gasteiger partial charge in [-0.15, -0.1) is 11.3 Å². The maximum absolute atomic E-state index is 5.12. The molecule has 1 nitrogen and oxygen atoms in total. The Labute approximate surface area is 176 Å². The molecule has 0 radical (unpaired) electrons. The Bertz CT molecular complexity index is 1350. The zero-order valence-corrected chi connectivity index (χ0v) is 18.2. The van der Waals surface area contributed by atoms with Gasteiger partial charge in [-0.2, -0.15) is 0 Å². The standard InChI is InChI=1S/C27H25NS/c1-16(2)9-19-13-24(20-11-17(3)10-18(4)12-20)28-25-15-27-23(14-22(19)25)21-7-5-6-8-26(21)29-27/h5-8,10-16H,9H2,1-4H3. The number of hydrogen-bond donors (Lipinski definition) is 0. The molecule has 3 aromatic carbocycles. The van der Waals surface area contributed by atoms with E-state index in [0.29, 0.717) is 5.92 Å². The largest absolute Gasteiger partial charge is 0.248 e. The lowest BCUT2D eigenvalue weighted by molar-refractivity contribution is 0.650. The van der Waals surface area contributed by atoms with Crippen LogP contribution in [0.15, 0.2) is 60.7 Å². The molecule has 0 atom stereocenters. The normalized spacial score (nSPS) is 11.9. The van der Waals surface area contributed by atoms with Crippen LogP contribution in [0.5, 0.6) is 0 Å². The van der Waals surface area contributed by atoms with Gasteiger partial charge in [0.25, 0.3) is 0 Å². The third-order valence-electron chi connectivity index (χ3n) is 5.54. The Morgan fingerprint density at radius 1 is 0.793 bits per heavy atom. The number of thiophene rings is 1. The van der Waals surface area contributed by atoms with Crippen LogP contribution in [0.2, 0.25) is 0 Å². The lowest BCUT2D eigenvalue weighted by atomic mass is 9.95. The zero-order chi connectivity index (χ0) is 20.1. The summed E-state index contributed by atoms with van der Waals surface area (Å²) in [6.07, 6.45) is 1.06. The molecule has 0 spiro atoms. The summed E-state index contributed by atoms with van der Waals surface area (Å²) in [5, 5.41) is 4.00. The molecular weight excluding hydrogens is 370 g/mol. The maximum atomic E-state index is 5.12. The predicted octanol–water partition coefficient (Wildman–Crippen LogP) is 8.09. The molecule has 0 N–H and O–H groups in total. The van der Waals surface area contributed by atoms with Gasteiger partial charge in [-0.1, -0.05) is 49.2 Å². The minimum absolute atomic E-state index is 0.600. The van der Waals surface area contributed by atoms with Gasteiger partial charge in [0.05, 0.1) is 11.2 Å². The highest BCUT2D eigenvalue weighted by molar-refractivity contribution is 7.25. The van der Waals surface area contributed by atoms with Crippen LogP contribution in [0.3, 0.4) is 0 Å². The van der Waals surface area contributed by atoms with Crippen molar-refractivity contribution in [3.05, 3.63) is 77.4 Å². The van der Waals surface area contributed by atoms with E-state index in [1.807, 2.05) is 11.3 Å². The van der Waals surface area contributed by atoms with Crippen molar-refractivity contribution in [2.45, 2.75) is 34.1 Å². The second kappa shape index (κ2) is 6.96. The van der Waals surface area contributed by atoms with E-state index in [0.717, 1.165) is 17.6 Å². The lowest BCUT2D eigenvalue weighted by Gasteiger charge is -2.13. The van der Waals surface area contributed by atoms with E-state index >= 15 is 0 Å². The highest BCUT2D eigenvalue weighted by atomic mass is 32.1. The molecule has 5 rings (SSSR count). The fourth-order valence-corrected chi connectivity index (χ4v) is 5.52. The van der Waals surface area contributed by atoms with Crippen LogP contribution in [0.1, 0.15) is 30.5 Å². The predicted molar refractivity (Wildman–Crippen MR) is 128 cm³/mol. The molecule has 144 valence electrons. The summed E-state index contributed by atoms with van der Waals surface area (Å²) in [6.45, 7) is 8.91. The van der Waals surface area contributed by atoms with Gasteiger partial charge < -0.3 is 0 Å². The molecule has 0 unspecified atom stereocenters. The summed E-state index contributed by atoms with van der Waals surface area (Å²) < 4.78 is 2.66. The summed E-state index contributed by atoms with van der Waals surface area (Å²) in [7, 11) is 0. The summed E-state index contributed by atoms with van der Waals surface area (Å²) in [5.41, 5.74) is 7.37.